The van der Waals surface area contributed by atoms with Crippen molar-refractivity contribution < 1.29 is 4.79 Å². The van der Waals surface area contributed by atoms with E-state index in [2.05, 4.69) is 19.9 Å². The van der Waals surface area contributed by atoms with Gasteiger partial charge >= 0.3 is 0 Å². The van der Waals surface area contributed by atoms with Crippen molar-refractivity contribution in [3.8, 4) is 0 Å². The summed E-state index contributed by atoms with van der Waals surface area (Å²) in [5, 5.41) is 0. The van der Waals surface area contributed by atoms with Crippen molar-refractivity contribution >= 4 is 5.78 Å². The van der Waals surface area contributed by atoms with Crippen molar-refractivity contribution in [3.05, 3.63) is 24.3 Å². The summed E-state index contributed by atoms with van der Waals surface area (Å²) >= 11 is 0. The summed E-state index contributed by atoms with van der Waals surface area (Å²) in [6.45, 7) is 4.46. The predicted molar refractivity (Wildman–Crippen MR) is 48.7 cm³/mol. The lowest BCUT2D eigenvalue weighted by Crippen LogP contribution is -2.09. The van der Waals surface area contributed by atoms with E-state index in [9.17, 15) is 4.79 Å². The van der Waals surface area contributed by atoms with Crippen LogP contribution < -0.4 is 0 Å². The van der Waals surface area contributed by atoms with E-state index < -0.39 is 0 Å². The number of rotatable bonds is 0. The second kappa shape index (κ2) is 2.09. The highest BCUT2D eigenvalue weighted by molar-refractivity contribution is 5.91. The SMILES string of the molecule is CC1(C)CC12C=CC=CC(=O)C2. The fraction of sp³-hybridized carbons (Fsp3) is 0.545. The van der Waals surface area contributed by atoms with Gasteiger partial charge in [0.1, 0.15) is 0 Å². The zero-order valence-electron chi connectivity index (χ0n) is 7.63. The van der Waals surface area contributed by atoms with Crippen LogP contribution in [0.4, 0.5) is 0 Å². The van der Waals surface area contributed by atoms with Crippen LogP contribution in [0.3, 0.4) is 0 Å². The number of hydrogen-bond donors (Lipinski definition) is 0. The Labute approximate surface area is 73.2 Å². The van der Waals surface area contributed by atoms with Crippen LogP contribution in [0.5, 0.6) is 0 Å². The summed E-state index contributed by atoms with van der Waals surface area (Å²) in [4.78, 5) is 11.3. The third-order valence-electron chi connectivity index (χ3n) is 3.28. The minimum absolute atomic E-state index is 0.188. The lowest BCUT2D eigenvalue weighted by Gasteiger charge is -2.12. The zero-order valence-corrected chi connectivity index (χ0v) is 7.63. The smallest absolute Gasteiger partial charge is 0.156 e. The molecule has 1 fully saturated rings. The largest absolute Gasteiger partial charge is 0.295 e. The molecule has 1 atom stereocenters. The summed E-state index contributed by atoms with van der Waals surface area (Å²) in [5.74, 6) is 0.269. The molecule has 0 amide bonds. The van der Waals surface area contributed by atoms with Gasteiger partial charge < -0.3 is 0 Å². The first-order valence-electron chi connectivity index (χ1n) is 4.45. The summed E-state index contributed by atoms with van der Waals surface area (Å²) in [7, 11) is 0. The molecule has 0 saturated heterocycles. The fourth-order valence-corrected chi connectivity index (χ4v) is 2.16. The number of hydrogen-bond acceptors (Lipinski definition) is 1. The molecular formula is C11H14O. The van der Waals surface area contributed by atoms with Gasteiger partial charge in [-0.3, -0.25) is 4.79 Å². The highest BCUT2D eigenvalue weighted by atomic mass is 16.1. The summed E-state index contributed by atoms with van der Waals surface area (Å²) in [6.07, 6.45) is 9.61. The maximum Gasteiger partial charge on any atom is 0.156 e. The third kappa shape index (κ3) is 0.961. The Morgan fingerprint density at radius 2 is 2.00 bits per heavy atom. The van der Waals surface area contributed by atoms with Gasteiger partial charge in [-0.15, -0.1) is 0 Å². The van der Waals surface area contributed by atoms with Crippen LogP contribution in [0.15, 0.2) is 24.3 Å². The molecule has 1 heteroatoms. The molecule has 0 N–H and O–H groups in total. The van der Waals surface area contributed by atoms with E-state index in [0.29, 0.717) is 11.8 Å². The van der Waals surface area contributed by atoms with Gasteiger partial charge in [-0.2, -0.15) is 0 Å². The van der Waals surface area contributed by atoms with E-state index in [1.165, 1.54) is 0 Å². The summed E-state index contributed by atoms with van der Waals surface area (Å²) in [5.41, 5.74) is 0.527. The lowest BCUT2D eigenvalue weighted by atomic mass is 9.91. The van der Waals surface area contributed by atoms with Crippen molar-refractivity contribution in [2.45, 2.75) is 26.7 Å². The molecule has 0 aromatic rings. The molecule has 64 valence electrons. The van der Waals surface area contributed by atoms with Gasteiger partial charge in [0.15, 0.2) is 5.78 Å². The van der Waals surface area contributed by atoms with Crippen molar-refractivity contribution in [2.24, 2.45) is 10.8 Å². The minimum atomic E-state index is 0.188. The molecule has 12 heavy (non-hydrogen) atoms. The number of ketones is 1. The van der Waals surface area contributed by atoms with Crippen molar-refractivity contribution in [3.63, 3.8) is 0 Å². The molecule has 1 spiro atoms. The summed E-state index contributed by atoms with van der Waals surface area (Å²) in [6, 6.07) is 0. The molecule has 0 aliphatic heterocycles. The second-order valence-electron chi connectivity index (χ2n) is 4.58. The molecule has 0 aromatic carbocycles. The van der Waals surface area contributed by atoms with E-state index in [0.717, 1.165) is 6.42 Å². The van der Waals surface area contributed by atoms with Crippen molar-refractivity contribution in [1.29, 1.82) is 0 Å². The third-order valence-corrected chi connectivity index (χ3v) is 3.28. The number of carbonyl (C=O) groups excluding carboxylic acids is 1. The van der Waals surface area contributed by atoms with Crippen LogP contribution in [-0.4, -0.2) is 5.78 Å². The van der Waals surface area contributed by atoms with Crippen LogP contribution in [0.25, 0.3) is 0 Å². The first-order valence-corrected chi connectivity index (χ1v) is 4.45. The molecule has 1 saturated carbocycles. The monoisotopic (exact) mass is 162 g/mol. The molecule has 0 radical (unpaired) electrons. The maximum absolute atomic E-state index is 11.3. The Morgan fingerprint density at radius 1 is 1.33 bits per heavy atom. The van der Waals surface area contributed by atoms with Gasteiger partial charge in [0.25, 0.3) is 0 Å². The molecule has 0 aromatic heterocycles. The standard InChI is InChI=1S/C11H14O/c1-10(2)8-11(10)6-4-3-5-9(12)7-11/h3-6H,7-8H2,1-2H3. The van der Waals surface area contributed by atoms with Crippen LogP contribution in [0.2, 0.25) is 0 Å². The Hall–Kier alpha value is -0.850. The first-order chi connectivity index (χ1) is 5.56. The average molecular weight is 162 g/mol. The Morgan fingerprint density at radius 3 is 2.58 bits per heavy atom. The van der Waals surface area contributed by atoms with E-state index >= 15 is 0 Å². The van der Waals surface area contributed by atoms with Gasteiger partial charge in [0.2, 0.25) is 0 Å². The fourth-order valence-electron chi connectivity index (χ4n) is 2.16. The molecule has 2 aliphatic rings. The van der Waals surface area contributed by atoms with Crippen LogP contribution >= 0.6 is 0 Å². The topological polar surface area (TPSA) is 17.1 Å². The van der Waals surface area contributed by atoms with Crippen LogP contribution in [0.1, 0.15) is 26.7 Å². The number of carbonyl (C=O) groups is 1. The van der Waals surface area contributed by atoms with E-state index in [-0.39, 0.29) is 11.2 Å². The van der Waals surface area contributed by atoms with E-state index in [1.807, 2.05) is 12.2 Å². The van der Waals surface area contributed by atoms with Crippen molar-refractivity contribution in [1.82, 2.24) is 0 Å². The maximum atomic E-state index is 11.3. The van der Waals surface area contributed by atoms with Gasteiger partial charge in [-0.25, -0.2) is 0 Å². The molecule has 1 unspecified atom stereocenters. The highest BCUT2D eigenvalue weighted by Crippen LogP contribution is 2.66. The average Bonchev–Trinajstić information content (AvgIpc) is 2.52. The quantitative estimate of drug-likeness (QED) is 0.535. The van der Waals surface area contributed by atoms with Crippen LogP contribution in [0, 0.1) is 10.8 Å². The van der Waals surface area contributed by atoms with Crippen LogP contribution in [-0.2, 0) is 4.79 Å². The Bertz CT molecular complexity index is 283. The van der Waals surface area contributed by atoms with E-state index in [1.54, 1.807) is 6.08 Å². The highest BCUT2D eigenvalue weighted by Gasteiger charge is 2.59. The second-order valence-corrected chi connectivity index (χ2v) is 4.58. The zero-order chi connectivity index (χ0) is 8.82. The number of allylic oxidation sites excluding steroid dienone is 4. The first kappa shape index (κ1) is 7.78. The molecule has 0 heterocycles. The minimum Gasteiger partial charge on any atom is -0.295 e. The lowest BCUT2D eigenvalue weighted by molar-refractivity contribution is -0.115. The Kier molecular flexibility index (Phi) is 1.36. The molecule has 2 rings (SSSR count). The summed E-state index contributed by atoms with van der Waals surface area (Å²) < 4.78 is 0. The van der Waals surface area contributed by atoms with Crippen molar-refractivity contribution in [2.75, 3.05) is 0 Å². The normalized spacial score (nSPS) is 37.0. The molecule has 0 bridgehead atoms. The van der Waals surface area contributed by atoms with Gasteiger partial charge in [-0.05, 0) is 17.9 Å². The van der Waals surface area contributed by atoms with E-state index in [4.69, 9.17) is 0 Å². The molecule has 2 aliphatic carbocycles. The Balaban J connectivity index is 2.26. The molecular weight excluding hydrogens is 148 g/mol. The molecule has 1 nitrogen and oxygen atoms in total. The predicted octanol–water partition coefficient (Wildman–Crippen LogP) is 2.49. The van der Waals surface area contributed by atoms with Gasteiger partial charge in [-0.1, -0.05) is 32.1 Å². The van der Waals surface area contributed by atoms with Gasteiger partial charge in [0, 0.05) is 11.8 Å². The van der Waals surface area contributed by atoms with Gasteiger partial charge in [0.05, 0.1) is 0 Å².